The summed E-state index contributed by atoms with van der Waals surface area (Å²) in [6.45, 7) is 4.92. The monoisotopic (exact) mass is 249 g/mol. The van der Waals surface area contributed by atoms with Gasteiger partial charge in [0.15, 0.2) is 0 Å². The lowest BCUT2D eigenvalue weighted by atomic mass is 9.51. The molecule has 4 nitrogen and oxygen atoms in total. The number of rotatable bonds is 6. The van der Waals surface area contributed by atoms with Gasteiger partial charge < -0.3 is 10.1 Å². The molecule has 2 aliphatic carbocycles. The molecule has 1 aromatic rings. The molecule has 4 heteroatoms. The molecule has 0 radical (unpaired) electrons. The molecule has 0 aromatic carbocycles. The molecule has 2 fully saturated rings. The predicted octanol–water partition coefficient (Wildman–Crippen LogP) is 1.82. The third-order valence-electron chi connectivity index (χ3n) is 4.73. The second-order valence-corrected chi connectivity index (χ2v) is 5.54. The molecule has 1 spiro atoms. The third kappa shape index (κ3) is 1.97. The summed E-state index contributed by atoms with van der Waals surface area (Å²) >= 11 is 0. The largest absolute Gasteiger partial charge is 0.378 e. The van der Waals surface area contributed by atoms with Crippen LogP contribution in [0.5, 0.6) is 0 Å². The molecule has 3 rings (SSSR count). The van der Waals surface area contributed by atoms with Crippen LogP contribution in [-0.2, 0) is 11.3 Å². The Hall–Kier alpha value is -0.870. The van der Waals surface area contributed by atoms with Crippen molar-refractivity contribution >= 4 is 0 Å². The van der Waals surface area contributed by atoms with Crippen LogP contribution < -0.4 is 5.32 Å². The maximum absolute atomic E-state index is 5.86. The molecule has 2 saturated carbocycles. The lowest BCUT2D eigenvalue weighted by Crippen LogP contribution is -2.67. The van der Waals surface area contributed by atoms with Crippen LogP contribution in [0.25, 0.3) is 0 Å². The van der Waals surface area contributed by atoms with Crippen molar-refractivity contribution in [2.24, 2.45) is 5.41 Å². The molecule has 2 unspecified atom stereocenters. The summed E-state index contributed by atoms with van der Waals surface area (Å²) in [6.07, 6.45) is 9.62. The zero-order valence-corrected chi connectivity index (χ0v) is 11.1. The van der Waals surface area contributed by atoms with E-state index in [2.05, 4.69) is 17.3 Å². The summed E-state index contributed by atoms with van der Waals surface area (Å²) in [6, 6.07) is 2.64. The van der Waals surface area contributed by atoms with Crippen molar-refractivity contribution in [2.75, 3.05) is 13.2 Å². The van der Waals surface area contributed by atoms with Gasteiger partial charge in [-0.3, -0.25) is 4.68 Å². The molecule has 100 valence electrons. The van der Waals surface area contributed by atoms with Crippen molar-refractivity contribution in [3.63, 3.8) is 0 Å². The molecular formula is C14H23N3O. The van der Waals surface area contributed by atoms with E-state index in [0.717, 1.165) is 19.7 Å². The molecule has 0 saturated heterocycles. The van der Waals surface area contributed by atoms with E-state index in [1.807, 2.05) is 23.1 Å². The van der Waals surface area contributed by atoms with E-state index in [4.69, 9.17) is 4.74 Å². The van der Waals surface area contributed by atoms with Gasteiger partial charge in [-0.1, -0.05) is 6.42 Å². The van der Waals surface area contributed by atoms with Gasteiger partial charge in [0, 0.05) is 37.0 Å². The van der Waals surface area contributed by atoms with Crippen LogP contribution in [-0.4, -0.2) is 35.1 Å². The average molecular weight is 249 g/mol. The number of hydrogen-bond acceptors (Lipinski definition) is 3. The standard InChI is InChI=1S/C14H23N3O/c1-2-18-13-11-12(14(13)5-3-6-14)15-8-10-17-9-4-7-16-17/h4,7,9,12-13,15H,2-3,5-6,8,10-11H2,1H3. The third-order valence-corrected chi connectivity index (χ3v) is 4.73. The van der Waals surface area contributed by atoms with Crippen molar-refractivity contribution in [3.8, 4) is 0 Å². The smallest absolute Gasteiger partial charge is 0.0661 e. The van der Waals surface area contributed by atoms with E-state index < -0.39 is 0 Å². The van der Waals surface area contributed by atoms with Gasteiger partial charge in [-0.25, -0.2) is 0 Å². The first-order valence-electron chi connectivity index (χ1n) is 7.17. The van der Waals surface area contributed by atoms with Crippen LogP contribution in [0.4, 0.5) is 0 Å². The normalized spacial score (nSPS) is 28.9. The highest BCUT2D eigenvalue weighted by molar-refractivity contribution is 5.12. The number of nitrogens with one attached hydrogen (secondary N) is 1. The topological polar surface area (TPSA) is 39.1 Å². The van der Waals surface area contributed by atoms with Gasteiger partial charge in [0.25, 0.3) is 0 Å². The maximum atomic E-state index is 5.86. The molecular weight excluding hydrogens is 226 g/mol. The molecule has 1 aromatic heterocycles. The van der Waals surface area contributed by atoms with Crippen molar-refractivity contribution in [2.45, 2.75) is 51.3 Å². The van der Waals surface area contributed by atoms with Crippen LogP contribution in [0, 0.1) is 5.41 Å². The predicted molar refractivity (Wildman–Crippen MR) is 70.3 cm³/mol. The summed E-state index contributed by atoms with van der Waals surface area (Å²) in [7, 11) is 0. The Balaban J connectivity index is 1.46. The van der Waals surface area contributed by atoms with Crippen molar-refractivity contribution in [1.29, 1.82) is 0 Å². The van der Waals surface area contributed by atoms with E-state index in [1.54, 1.807) is 0 Å². The Kier molecular flexibility index (Phi) is 3.39. The summed E-state index contributed by atoms with van der Waals surface area (Å²) < 4.78 is 7.85. The minimum absolute atomic E-state index is 0.472. The van der Waals surface area contributed by atoms with Crippen molar-refractivity contribution in [3.05, 3.63) is 18.5 Å². The minimum Gasteiger partial charge on any atom is -0.378 e. The lowest BCUT2D eigenvalue weighted by molar-refractivity contribution is -0.172. The fraction of sp³-hybridized carbons (Fsp3) is 0.786. The maximum Gasteiger partial charge on any atom is 0.0661 e. The van der Waals surface area contributed by atoms with E-state index in [1.165, 1.54) is 25.7 Å². The van der Waals surface area contributed by atoms with E-state index >= 15 is 0 Å². The fourth-order valence-electron chi connectivity index (χ4n) is 3.51. The first-order chi connectivity index (χ1) is 8.85. The molecule has 0 bridgehead atoms. The zero-order chi connectivity index (χ0) is 12.4. The first-order valence-corrected chi connectivity index (χ1v) is 7.17. The highest BCUT2D eigenvalue weighted by atomic mass is 16.5. The zero-order valence-electron chi connectivity index (χ0n) is 11.1. The fourth-order valence-corrected chi connectivity index (χ4v) is 3.51. The number of hydrogen-bond donors (Lipinski definition) is 1. The van der Waals surface area contributed by atoms with Gasteiger partial charge >= 0.3 is 0 Å². The second kappa shape index (κ2) is 5.02. The number of ether oxygens (including phenoxy) is 1. The Morgan fingerprint density at radius 2 is 2.39 bits per heavy atom. The van der Waals surface area contributed by atoms with Gasteiger partial charge in [0.2, 0.25) is 0 Å². The van der Waals surface area contributed by atoms with Crippen molar-refractivity contribution in [1.82, 2.24) is 15.1 Å². The first kappa shape index (κ1) is 12.2. The minimum atomic E-state index is 0.472. The molecule has 2 aliphatic rings. The summed E-state index contributed by atoms with van der Waals surface area (Å²) in [4.78, 5) is 0. The SMILES string of the molecule is CCOC1CC(NCCn2cccn2)C12CCC2. The van der Waals surface area contributed by atoms with Crippen LogP contribution in [0.1, 0.15) is 32.6 Å². The average Bonchev–Trinajstić information content (AvgIpc) is 2.77. The molecule has 18 heavy (non-hydrogen) atoms. The van der Waals surface area contributed by atoms with Gasteiger partial charge in [-0.15, -0.1) is 0 Å². The molecule has 1 heterocycles. The lowest BCUT2D eigenvalue weighted by Gasteiger charge is -2.61. The summed E-state index contributed by atoms with van der Waals surface area (Å²) in [5.74, 6) is 0. The molecule has 0 aliphatic heterocycles. The molecule has 0 amide bonds. The van der Waals surface area contributed by atoms with Gasteiger partial charge in [-0.2, -0.15) is 5.10 Å². The Morgan fingerprint density at radius 3 is 3.00 bits per heavy atom. The van der Waals surface area contributed by atoms with E-state index in [0.29, 0.717) is 17.6 Å². The van der Waals surface area contributed by atoms with Crippen LogP contribution in [0.2, 0.25) is 0 Å². The highest BCUT2D eigenvalue weighted by Gasteiger charge is 2.58. The van der Waals surface area contributed by atoms with Crippen molar-refractivity contribution < 1.29 is 4.74 Å². The number of nitrogens with zero attached hydrogens (tertiary/aromatic N) is 2. The van der Waals surface area contributed by atoms with Gasteiger partial charge in [0.1, 0.15) is 0 Å². The van der Waals surface area contributed by atoms with Crippen LogP contribution in [0.3, 0.4) is 0 Å². The summed E-state index contributed by atoms with van der Waals surface area (Å²) in [5.41, 5.74) is 0.472. The van der Waals surface area contributed by atoms with Gasteiger partial charge in [0.05, 0.1) is 12.6 Å². The molecule has 2 atom stereocenters. The quantitative estimate of drug-likeness (QED) is 0.836. The number of aromatic nitrogens is 2. The van der Waals surface area contributed by atoms with Crippen LogP contribution in [0.15, 0.2) is 18.5 Å². The second-order valence-electron chi connectivity index (χ2n) is 5.54. The highest BCUT2D eigenvalue weighted by Crippen LogP contribution is 2.57. The Labute approximate surface area is 109 Å². The van der Waals surface area contributed by atoms with E-state index in [-0.39, 0.29) is 0 Å². The Morgan fingerprint density at radius 1 is 1.50 bits per heavy atom. The van der Waals surface area contributed by atoms with Crippen LogP contribution >= 0.6 is 0 Å². The van der Waals surface area contributed by atoms with Gasteiger partial charge in [-0.05, 0) is 32.3 Å². The molecule has 1 N–H and O–H groups in total. The Bertz CT molecular complexity index is 372. The van der Waals surface area contributed by atoms with E-state index in [9.17, 15) is 0 Å². The summed E-state index contributed by atoms with van der Waals surface area (Å²) in [5, 5.41) is 7.92.